The van der Waals surface area contributed by atoms with Crippen molar-refractivity contribution in [2.45, 2.75) is 39.2 Å². The van der Waals surface area contributed by atoms with E-state index in [4.69, 9.17) is 4.74 Å². The van der Waals surface area contributed by atoms with Crippen LogP contribution in [0.3, 0.4) is 0 Å². The van der Waals surface area contributed by atoms with Crippen LogP contribution in [0.15, 0.2) is 24.3 Å². The van der Waals surface area contributed by atoms with Gasteiger partial charge in [0.15, 0.2) is 0 Å². The van der Waals surface area contributed by atoms with Gasteiger partial charge in [-0.2, -0.15) is 0 Å². The number of aryl methyl sites for hydroxylation is 1. The Morgan fingerprint density at radius 3 is 2.38 bits per heavy atom. The fraction of sp³-hybridized carbons (Fsp3) is 0.588. The minimum Gasteiger partial charge on any atom is -0.378 e. The van der Waals surface area contributed by atoms with Gasteiger partial charge in [0, 0.05) is 30.7 Å². The summed E-state index contributed by atoms with van der Waals surface area (Å²) in [5, 5.41) is 2.99. The van der Waals surface area contributed by atoms with Gasteiger partial charge in [-0.1, -0.05) is 12.1 Å². The molecule has 0 bridgehead atoms. The summed E-state index contributed by atoms with van der Waals surface area (Å²) in [4.78, 5) is 14.1. The Labute approximate surface area is 127 Å². The maximum absolute atomic E-state index is 11.8. The van der Waals surface area contributed by atoms with E-state index in [0.717, 1.165) is 32.7 Å². The Kier molecular flexibility index (Phi) is 5.23. The number of ether oxygens (including phenoxy) is 1. The van der Waals surface area contributed by atoms with Gasteiger partial charge in [0.25, 0.3) is 0 Å². The highest BCUT2D eigenvalue weighted by Gasteiger charge is 2.14. The molecule has 4 heteroatoms. The maximum Gasteiger partial charge on any atom is 0.220 e. The van der Waals surface area contributed by atoms with Crippen molar-refractivity contribution in [2.24, 2.45) is 0 Å². The second kappa shape index (κ2) is 6.94. The zero-order chi connectivity index (χ0) is 15.3. The molecule has 0 unspecified atom stereocenters. The van der Waals surface area contributed by atoms with Gasteiger partial charge in [-0.05, 0) is 44.9 Å². The van der Waals surface area contributed by atoms with Crippen LogP contribution < -0.4 is 10.2 Å². The number of carbonyl (C=O) groups is 1. The zero-order valence-electron chi connectivity index (χ0n) is 13.3. The van der Waals surface area contributed by atoms with Crippen molar-refractivity contribution in [1.29, 1.82) is 0 Å². The van der Waals surface area contributed by atoms with Crippen molar-refractivity contribution in [3.63, 3.8) is 0 Å². The van der Waals surface area contributed by atoms with Crippen LogP contribution in [0.25, 0.3) is 0 Å². The Morgan fingerprint density at radius 2 is 1.81 bits per heavy atom. The van der Waals surface area contributed by atoms with E-state index >= 15 is 0 Å². The summed E-state index contributed by atoms with van der Waals surface area (Å²) in [6.45, 7) is 9.51. The fourth-order valence-corrected chi connectivity index (χ4v) is 2.43. The largest absolute Gasteiger partial charge is 0.378 e. The van der Waals surface area contributed by atoms with Crippen LogP contribution in [0.4, 0.5) is 5.69 Å². The third-order valence-electron chi connectivity index (χ3n) is 3.47. The van der Waals surface area contributed by atoms with Gasteiger partial charge in [0.2, 0.25) is 5.91 Å². The standard InChI is InChI=1S/C17H26N2O2/c1-17(2,3)18-16(20)9-6-14-4-7-15(8-5-14)19-10-12-21-13-11-19/h4-5,7-8H,6,9-13H2,1-3H3,(H,18,20). The van der Waals surface area contributed by atoms with Gasteiger partial charge in [-0.25, -0.2) is 0 Å². The van der Waals surface area contributed by atoms with E-state index in [1.165, 1.54) is 11.3 Å². The number of nitrogens with zero attached hydrogens (tertiary/aromatic N) is 1. The molecule has 21 heavy (non-hydrogen) atoms. The fourth-order valence-electron chi connectivity index (χ4n) is 2.43. The smallest absolute Gasteiger partial charge is 0.220 e. The lowest BCUT2D eigenvalue weighted by Crippen LogP contribution is -2.40. The molecule has 1 aliphatic rings. The summed E-state index contributed by atoms with van der Waals surface area (Å²) < 4.78 is 5.36. The first-order valence-electron chi connectivity index (χ1n) is 7.67. The first-order chi connectivity index (χ1) is 9.94. The van der Waals surface area contributed by atoms with Crippen LogP contribution >= 0.6 is 0 Å². The Balaban J connectivity index is 1.83. The monoisotopic (exact) mass is 290 g/mol. The van der Waals surface area contributed by atoms with E-state index in [1.54, 1.807) is 0 Å². The molecule has 4 nitrogen and oxygen atoms in total. The predicted octanol–water partition coefficient (Wildman–Crippen LogP) is 2.37. The molecule has 116 valence electrons. The number of carbonyl (C=O) groups excluding carboxylic acids is 1. The number of benzene rings is 1. The van der Waals surface area contributed by atoms with Crippen LogP contribution in [0.5, 0.6) is 0 Å². The van der Waals surface area contributed by atoms with Crippen molar-refractivity contribution in [3.05, 3.63) is 29.8 Å². The number of amides is 1. The Morgan fingerprint density at radius 1 is 1.19 bits per heavy atom. The van der Waals surface area contributed by atoms with Crippen molar-refractivity contribution in [1.82, 2.24) is 5.32 Å². The van der Waals surface area contributed by atoms with Crippen molar-refractivity contribution in [2.75, 3.05) is 31.2 Å². The average Bonchev–Trinajstić information content (AvgIpc) is 2.45. The molecule has 1 amide bonds. The van der Waals surface area contributed by atoms with Crippen molar-refractivity contribution in [3.8, 4) is 0 Å². The van der Waals surface area contributed by atoms with E-state index in [0.29, 0.717) is 6.42 Å². The molecular weight excluding hydrogens is 264 g/mol. The summed E-state index contributed by atoms with van der Waals surface area (Å²) >= 11 is 0. The quantitative estimate of drug-likeness (QED) is 0.925. The average molecular weight is 290 g/mol. The van der Waals surface area contributed by atoms with E-state index in [2.05, 4.69) is 34.5 Å². The summed E-state index contributed by atoms with van der Waals surface area (Å²) in [6, 6.07) is 8.52. The summed E-state index contributed by atoms with van der Waals surface area (Å²) in [7, 11) is 0. The molecule has 1 saturated heterocycles. The molecule has 1 fully saturated rings. The van der Waals surface area contributed by atoms with Gasteiger partial charge >= 0.3 is 0 Å². The van der Waals surface area contributed by atoms with E-state index in [1.807, 2.05) is 20.8 Å². The van der Waals surface area contributed by atoms with Crippen molar-refractivity contribution >= 4 is 11.6 Å². The number of anilines is 1. The molecule has 2 rings (SSSR count). The van der Waals surface area contributed by atoms with E-state index < -0.39 is 0 Å². The number of morpholine rings is 1. The van der Waals surface area contributed by atoms with Crippen LogP contribution in [-0.4, -0.2) is 37.7 Å². The second-order valence-corrected chi connectivity index (χ2v) is 6.56. The zero-order valence-corrected chi connectivity index (χ0v) is 13.3. The van der Waals surface area contributed by atoms with E-state index in [-0.39, 0.29) is 11.4 Å². The SMILES string of the molecule is CC(C)(C)NC(=O)CCc1ccc(N2CCOCC2)cc1. The van der Waals surface area contributed by atoms with Gasteiger partial charge in [-0.15, -0.1) is 0 Å². The van der Waals surface area contributed by atoms with E-state index in [9.17, 15) is 4.79 Å². The summed E-state index contributed by atoms with van der Waals surface area (Å²) in [5.74, 6) is 0.111. The minimum atomic E-state index is -0.155. The highest BCUT2D eigenvalue weighted by atomic mass is 16.5. The second-order valence-electron chi connectivity index (χ2n) is 6.56. The molecule has 1 heterocycles. The van der Waals surface area contributed by atoms with Crippen molar-refractivity contribution < 1.29 is 9.53 Å². The normalized spacial score (nSPS) is 15.9. The Hall–Kier alpha value is -1.55. The van der Waals surface area contributed by atoms with Crippen LogP contribution in [0.1, 0.15) is 32.8 Å². The minimum absolute atomic E-state index is 0.111. The lowest BCUT2D eigenvalue weighted by Gasteiger charge is -2.28. The molecule has 0 saturated carbocycles. The lowest BCUT2D eigenvalue weighted by atomic mass is 10.1. The Bertz CT molecular complexity index is 457. The first-order valence-corrected chi connectivity index (χ1v) is 7.67. The number of rotatable bonds is 4. The molecule has 0 aromatic heterocycles. The summed E-state index contributed by atoms with van der Waals surface area (Å²) in [5.41, 5.74) is 2.29. The van der Waals surface area contributed by atoms with Crippen LogP contribution in [0.2, 0.25) is 0 Å². The lowest BCUT2D eigenvalue weighted by molar-refractivity contribution is -0.122. The highest BCUT2D eigenvalue weighted by Crippen LogP contribution is 2.17. The predicted molar refractivity (Wildman–Crippen MR) is 85.7 cm³/mol. The van der Waals surface area contributed by atoms with Gasteiger partial charge in [0.1, 0.15) is 0 Å². The summed E-state index contributed by atoms with van der Waals surface area (Å²) in [6.07, 6.45) is 1.32. The van der Waals surface area contributed by atoms with Gasteiger partial charge in [0.05, 0.1) is 13.2 Å². The highest BCUT2D eigenvalue weighted by molar-refractivity contribution is 5.76. The molecule has 0 aliphatic carbocycles. The molecule has 1 aliphatic heterocycles. The number of hydrogen-bond donors (Lipinski definition) is 1. The molecule has 0 spiro atoms. The molecule has 1 aromatic rings. The number of nitrogens with one attached hydrogen (secondary N) is 1. The maximum atomic E-state index is 11.8. The van der Waals surface area contributed by atoms with Gasteiger partial charge < -0.3 is 15.0 Å². The van der Waals surface area contributed by atoms with Gasteiger partial charge in [-0.3, -0.25) is 4.79 Å². The molecule has 0 atom stereocenters. The molecule has 1 N–H and O–H groups in total. The molecular formula is C17H26N2O2. The van der Waals surface area contributed by atoms with Crippen LogP contribution in [-0.2, 0) is 16.0 Å². The third-order valence-corrected chi connectivity index (χ3v) is 3.47. The topological polar surface area (TPSA) is 41.6 Å². The molecule has 1 aromatic carbocycles. The number of hydrogen-bond acceptors (Lipinski definition) is 3. The van der Waals surface area contributed by atoms with Crippen LogP contribution in [0, 0.1) is 0 Å². The molecule has 0 radical (unpaired) electrons. The third kappa shape index (κ3) is 5.38. The first kappa shape index (κ1) is 15.8.